The third-order valence-electron chi connectivity index (χ3n) is 3.60. The Hall–Kier alpha value is -2.19. The lowest BCUT2D eigenvalue weighted by molar-refractivity contribution is 0.0933. The van der Waals surface area contributed by atoms with Crippen molar-refractivity contribution in [2.75, 3.05) is 0 Å². The van der Waals surface area contributed by atoms with Crippen LogP contribution < -0.4 is 5.32 Å². The lowest BCUT2D eigenvalue weighted by Gasteiger charge is -2.14. The van der Waals surface area contributed by atoms with Crippen molar-refractivity contribution in [1.82, 2.24) is 10.3 Å². The third-order valence-corrected chi connectivity index (χ3v) is 4.12. The molecule has 0 aliphatic heterocycles. The summed E-state index contributed by atoms with van der Waals surface area (Å²) in [6.07, 6.45) is 1.75. The maximum Gasteiger partial charge on any atom is 0.270 e. The van der Waals surface area contributed by atoms with E-state index in [9.17, 15) is 4.79 Å². The van der Waals surface area contributed by atoms with Crippen molar-refractivity contribution in [2.24, 2.45) is 0 Å². The van der Waals surface area contributed by atoms with Gasteiger partial charge in [0.1, 0.15) is 11.8 Å². The van der Waals surface area contributed by atoms with Crippen LogP contribution in [0.1, 0.15) is 40.7 Å². The minimum absolute atomic E-state index is 0.0453. The third kappa shape index (κ3) is 4.90. The Morgan fingerprint density at radius 1 is 1.30 bits per heavy atom. The Balaban J connectivity index is 1.90. The molecule has 4 nitrogen and oxygen atoms in total. The molecular weight excluding hydrogens is 354 g/mol. The molecule has 0 aliphatic rings. The number of nitrogens with one attached hydrogen (secondary N) is 1. The number of rotatable bonds is 5. The van der Waals surface area contributed by atoms with Gasteiger partial charge in [-0.1, -0.05) is 28.1 Å². The largest absolute Gasteiger partial charge is 0.348 e. The van der Waals surface area contributed by atoms with Crippen LogP contribution in [0.5, 0.6) is 0 Å². The molecule has 0 saturated heterocycles. The Bertz CT molecular complexity index is 735. The van der Waals surface area contributed by atoms with E-state index in [4.69, 9.17) is 5.26 Å². The number of nitriles is 1. The first-order chi connectivity index (χ1) is 11.0. The fourth-order valence-corrected chi connectivity index (χ4v) is 2.47. The quantitative estimate of drug-likeness (QED) is 0.869. The first kappa shape index (κ1) is 17.2. The van der Waals surface area contributed by atoms with Gasteiger partial charge in [0, 0.05) is 10.5 Å². The molecule has 1 aromatic carbocycles. The van der Waals surface area contributed by atoms with Crippen LogP contribution in [0.4, 0.5) is 0 Å². The Kier molecular flexibility index (Phi) is 5.89. The average molecular weight is 372 g/mol. The van der Waals surface area contributed by atoms with E-state index in [1.807, 2.05) is 25.1 Å². The van der Waals surface area contributed by atoms with E-state index in [2.05, 4.69) is 38.4 Å². The lowest BCUT2D eigenvalue weighted by atomic mass is 10.1. The molecule has 1 amide bonds. The van der Waals surface area contributed by atoms with E-state index in [0.717, 1.165) is 17.3 Å². The van der Waals surface area contributed by atoms with E-state index in [-0.39, 0.29) is 11.9 Å². The average Bonchev–Trinajstić information content (AvgIpc) is 2.54. The smallest absolute Gasteiger partial charge is 0.270 e. The summed E-state index contributed by atoms with van der Waals surface area (Å²) < 4.78 is 1.06. The van der Waals surface area contributed by atoms with Gasteiger partial charge in [-0.15, -0.1) is 0 Å². The molecule has 1 aromatic heterocycles. The van der Waals surface area contributed by atoms with Crippen LogP contribution in [-0.4, -0.2) is 16.9 Å². The molecule has 0 radical (unpaired) electrons. The van der Waals surface area contributed by atoms with Crippen molar-refractivity contribution in [1.29, 1.82) is 5.26 Å². The van der Waals surface area contributed by atoms with Gasteiger partial charge in [-0.25, -0.2) is 4.98 Å². The predicted octanol–water partition coefficient (Wildman–Crippen LogP) is 3.78. The van der Waals surface area contributed by atoms with Crippen molar-refractivity contribution < 1.29 is 4.79 Å². The van der Waals surface area contributed by atoms with Gasteiger partial charge in [-0.2, -0.15) is 5.26 Å². The molecule has 5 heteroatoms. The first-order valence-electron chi connectivity index (χ1n) is 7.42. The number of amides is 1. The topological polar surface area (TPSA) is 65.8 Å². The van der Waals surface area contributed by atoms with Crippen LogP contribution in [0.25, 0.3) is 0 Å². The van der Waals surface area contributed by atoms with Crippen LogP contribution in [0.3, 0.4) is 0 Å². The van der Waals surface area contributed by atoms with Crippen LogP contribution >= 0.6 is 15.9 Å². The highest BCUT2D eigenvalue weighted by molar-refractivity contribution is 9.10. The number of aryl methyl sites for hydroxylation is 2. The van der Waals surface area contributed by atoms with Crippen molar-refractivity contribution in [3.05, 3.63) is 63.4 Å². The van der Waals surface area contributed by atoms with Gasteiger partial charge < -0.3 is 5.32 Å². The number of nitrogens with zero attached hydrogens (tertiary/aromatic N) is 2. The zero-order valence-corrected chi connectivity index (χ0v) is 14.7. The molecule has 1 heterocycles. The Labute approximate surface area is 144 Å². The molecule has 118 valence electrons. The second-order valence-electron chi connectivity index (χ2n) is 5.48. The van der Waals surface area contributed by atoms with E-state index in [1.165, 1.54) is 5.56 Å². The molecule has 0 saturated carbocycles. The van der Waals surface area contributed by atoms with Gasteiger partial charge in [-0.3, -0.25) is 4.79 Å². The Morgan fingerprint density at radius 2 is 2.00 bits per heavy atom. The summed E-state index contributed by atoms with van der Waals surface area (Å²) in [7, 11) is 0. The standard InChI is InChI=1S/C18H18BrN3O/c1-12(3-4-14-5-8-16(19)9-6-14)21-18(23)17-10-7-15(11-20)13(2)22-17/h5-10,12H,3-4H2,1-2H3,(H,21,23). The van der Waals surface area contributed by atoms with Crippen molar-refractivity contribution in [3.8, 4) is 6.07 Å². The maximum absolute atomic E-state index is 12.2. The monoisotopic (exact) mass is 371 g/mol. The summed E-state index contributed by atoms with van der Waals surface area (Å²) >= 11 is 3.42. The van der Waals surface area contributed by atoms with Gasteiger partial charge in [0.2, 0.25) is 0 Å². The number of aromatic nitrogens is 1. The Morgan fingerprint density at radius 3 is 2.61 bits per heavy atom. The number of carbonyl (C=O) groups excluding carboxylic acids is 1. The first-order valence-corrected chi connectivity index (χ1v) is 8.22. The summed E-state index contributed by atoms with van der Waals surface area (Å²) in [4.78, 5) is 16.4. The van der Waals surface area contributed by atoms with Gasteiger partial charge in [-0.05, 0) is 56.5 Å². The number of carbonyl (C=O) groups is 1. The van der Waals surface area contributed by atoms with E-state index >= 15 is 0 Å². The minimum Gasteiger partial charge on any atom is -0.348 e. The van der Waals surface area contributed by atoms with E-state index in [0.29, 0.717) is 17.0 Å². The second kappa shape index (κ2) is 7.89. The van der Waals surface area contributed by atoms with Gasteiger partial charge >= 0.3 is 0 Å². The zero-order valence-electron chi connectivity index (χ0n) is 13.1. The summed E-state index contributed by atoms with van der Waals surface area (Å²) in [6.45, 7) is 3.71. The molecule has 0 spiro atoms. The molecule has 1 N–H and O–H groups in total. The van der Waals surface area contributed by atoms with Crippen LogP contribution in [-0.2, 0) is 6.42 Å². The SMILES string of the molecule is Cc1nc(C(=O)NC(C)CCc2ccc(Br)cc2)ccc1C#N. The molecule has 1 atom stereocenters. The van der Waals surface area contributed by atoms with E-state index < -0.39 is 0 Å². The van der Waals surface area contributed by atoms with Crippen molar-refractivity contribution in [3.63, 3.8) is 0 Å². The minimum atomic E-state index is -0.208. The van der Waals surface area contributed by atoms with Crippen LogP contribution in [0, 0.1) is 18.3 Å². The highest BCUT2D eigenvalue weighted by Gasteiger charge is 2.12. The molecular formula is C18H18BrN3O. The normalized spacial score (nSPS) is 11.6. The molecule has 1 unspecified atom stereocenters. The molecule has 23 heavy (non-hydrogen) atoms. The van der Waals surface area contributed by atoms with Crippen molar-refractivity contribution >= 4 is 21.8 Å². The molecule has 0 aliphatic carbocycles. The van der Waals surface area contributed by atoms with Gasteiger partial charge in [0.15, 0.2) is 0 Å². The number of pyridine rings is 1. The van der Waals surface area contributed by atoms with Gasteiger partial charge in [0.05, 0.1) is 11.3 Å². The van der Waals surface area contributed by atoms with Crippen LogP contribution in [0.15, 0.2) is 40.9 Å². The lowest BCUT2D eigenvalue weighted by Crippen LogP contribution is -2.33. The maximum atomic E-state index is 12.2. The number of hydrogen-bond acceptors (Lipinski definition) is 3. The predicted molar refractivity (Wildman–Crippen MR) is 93.1 cm³/mol. The fraction of sp³-hybridized carbons (Fsp3) is 0.278. The summed E-state index contributed by atoms with van der Waals surface area (Å²) in [5, 5.41) is 11.8. The summed E-state index contributed by atoms with van der Waals surface area (Å²) in [6, 6.07) is 13.5. The second-order valence-corrected chi connectivity index (χ2v) is 6.40. The number of hydrogen-bond donors (Lipinski definition) is 1. The number of halogens is 1. The van der Waals surface area contributed by atoms with E-state index in [1.54, 1.807) is 19.1 Å². The highest BCUT2D eigenvalue weighted by Crippen LogP contribution is 2.13. The number of benzene rings is 1. The highest BCUT2D eigenvalue weighted by atomic mass is 79.9. The van der Waals surface area contributed by atoms with Gasteiger partial charge in [0.25, 0.3) is 5.91 Å². The molecule has 2 rings (SSSR count). The fourth-order valence-electron chi connectivity index (χ4n) is 2.21. The zero-order chi connectivity index (χ0) is 16.8. The molecule has 0 bridgehead atoms. The molecule has 0 fully saturated rings. The summed E-state index contributed by atoms with van der Waals surface area (Å²) in [5.41, 5.74) is 2.64. The molecule has 2 aromatic rings. The summed E-state index contributed by atoms with van der Waals surface area (Å²) in [5.74, 6) is -0.208. The van der Waals surface area contributed by atoms with Crippen LogP contribution in [0.2, 0.25) is 0 Å². The van der Waals surface area contributed by atoms with Crippen molar-refractivity contribution in [2.45, 2.75) is 32.7 Å².